The summed E-state index contributed by atoms with van der Waals surface area (Å²) in [6.45, 7) is 0. The Balaban J connectivity index is -0.0000000720. The van der Waals surface area contributed by atoms with E-state index < -0.39 is 42.1 Å². The van der Waals surface area contributed by atoms with Crippen LogP contribution in [0.25, 0.3) is 0 Å². The molecular formula is HgI2O6-2. The Hall–Kier alpha value is 2.16. The minimum absolute atomic E-state index is 0. The van der Waals surface area contributed by atoms with Crippen LogP contribution >= 0.6 is 0 Å². The molecule has 0 radical (unpaired) electrons. The van der Waals surface area contributed by atoms with Crippen molar-refractivity contribution in [1.82, 2.24) is 0 Å². The topological polar surface area (TPSA) is 138 Å². The zero-order valence-electron chi connectivity index (χ0n) is 3.91. The predicted molar refractivity (Wildman–Crippen MR) is 0 cm³/mol. The van der Waals surface area contributed by atoms with Gasteiger partial charge in [-0.2, -0.15) is 0 Å². The Kier molecular flexibility index (Phi) is 24.6. The zero-order chi connectivity index (χ0) is 7.15. The van der Waals surface area contributed by atoms with Crippen LogP contribution in [0.5, 0.6) is 0 Å². The molecule has 0 heterocycles. The van der Waals surface area contributed by atoms with Crippen LogP contribution in [0.3, 0.4) is 0 Å². The molecule has 0 saturated carbocycles. The van der Waals surface area contributed by atoms with Gasteiger partial charge in [-0.3, -0.25) is 0 Å². The number of rotatable bonds is 0. The van der Waals surface area contributed by atoms with Crippen LogP contribution in [0, 0.1) is 0 Å². The summed E-state index contributed by atoms with van der Waals surface area (Å²) in [5.74, 6) is 0. The molecule has 0 atom stereocenters. The van der Waals surface area contributed by atoms with Crippen LogP contribution in [0.15, 0.2) is 0 Å². The molecule has 6 nitrogen and oxygen atoms in total. The second-order valence-corrected chi connectivity index (χ2v) is 2.54. The quantitative estimate of drug-likeness (QED) is 0.217. The van der Waals surface area contributed by atoms with E-state index in [0.29, 0.717) is 0 Å². The first-order chi connectivity index (χ1) is 3.46. The maximum absolute atomic E-state index is 8.57. The van der Waals surface area contributed by atoms with E-state index in [1.807, 2.05) is 0 Å². The summed E-state index contributed by atoms with van der Waals surface area (Å²) in [6, 6.07) is 0. The third-order valence-electron chi connectivity index (χ3n) is 0. The van der Waals surface area contributed by atoms with Gasteiger partial charge in [0.25, 0.3) is 42.1 Å². The third-order valence-corrected chi connectivity index (χ3v) is 0. The van der Waals surface area contributed by atoms with E-state index in [-0.39, 0.29) is 27.7 Å². The first-order valence-electron chi connectivity index (χ1n) is 0.926. The second kappa shape index (κ2) is 12.8. The fourth-order valence-corrected chi connectivity index (χ4v) is 0. The molecule has 0 aromatic heterocycles. The average Bonchev–Trinajstić information content (AvgIpc) is 1.25. The number of hydrogen-bond acceptors (Lipinski definition) is 6. The summed E-state index contributed by atoms with van der Waals surface area (Å²) in [7, 11) is 0. The monoisotopic (exact) mass is 552 g/mol. The molecule has 54 valence electrons. The van der Waals surface area contributed by atoms with Crippen LogP contribution in [0.1, 0.15) is 0 Å². The zero-order valence-corrected chi connectivity index (χ0v) is 13.7. The standard InChI is InChI=1S/Hg.2IO3/c;2*2-1(3)4/q;2*-1. The van der Waals surface area contributed by atoms with E-state index in [4.69, 9.17) is 20.6 Å². The van der Waals surface area contributed by atoms with Crippen molar-refractivity contribution in [2.45, 2.75) is 0 Å². The second-order valence-electron chi connectivity index (χ2n) is 0.378. The molecule has 0 aromatic carbocycles. The number of halogens is 2. The minimum atomic E-state index is -4.01. The summed E-state index contributed by atoms with van der Waals surface area (Å²) in [5, 5.41) is 0. The van der Waals surface area contributed by atoms with Gasteiger partial charge in [0.05, 0.1) is 0 Å². The molecule has 0 aliphatic carbocycles. The van der Waals surface area contributed by atoms with Gasteiger partial charge in [-0.1, -0.05) is 0 Å². The van der Waals surface area contributed by atoms with Crippen molar-refractivity contribution in [3.8, 4) is 0 Å². The van der Waals surface area contributed by atoms with E-state index in [0.717, 1.165) is 0 Å². The summed E-state index contributed by atoms with van der Waals surface area (Å²) >= 11 is -8.03. The smallest absolute Gasteiger partial charge is 0.282 e. The molecule has 9 heteroatoms. The maximum Gasteiger partial charge on any atom is 0.282 e. The van der Waals surface area contributed by atoms with Crippen molar-refractivity contribution in [2.24, 2.45) is 0 Å². The molecule has 0 rings (SSSR count). The van der Waals surface area contributed by atoms with E-state index in [9.17, 15) is 0 Å². The molecule has 0 aliphatic heterocycles. The molecule has 0 spiro atoms. The van der Waals surface area contributed by atoms with Gasteiger partial charge >= 0.3 is 0 Å². The fourth-order valence-electron chi connectivity index (χ4n) is 0. The summed E-state index contributed by atoms with van der Waals surface area (Å²) in [6.07, 6.45) is 0. The molecular weight excluding hydrogens is 550 g/mol. The van der Waals surface area contributed by atoms with E-state index >= 15 is 0 Å². The molecule has 0 fully saturated rings. The minimum Gasteiger partial charge on any atom is -0.427 e. The van der Waals surface area contributed by atoms with Crippen molar-refractivity contribution < 1.29 is 90.4 Å². The first kappa shape index (κ1) is 17.3. The van der Waals surface area contributed by atoms with Gasteiger partial charge < -0.3 is 20.6 Å². The Bertz CT molecular complexity index is 26.5. The van der Waals surface area contributed by atoms with E-state index in [1.165, 1.54) is 0 Å². The summed E-state index contributed by atoms with van der Waals surface area (Å²) in [4.78, 5) is 0. The Morgan fingerprint density at radius 2 is 0.556 bits per heavy atom. The molecule has 0 bridgehead atoms. The SMILES string of the molecule is [Hg].[O-][I+2]([O-])[O-].[O-][I+2]([O-])[O-]. The van der Waals surface area contributed by atoms with E-state index in [1.54, 1.807) is 0 Å². The number of hydrogen-bond donors (Lipinski definition) is 0. The molecule has 0 N–H and O–H groups in total. The van der Waals surface area contributed by atoms with Gasteiger partial charge in [0.15, 0.2) is 0 Å². The summed E-state index contributed by atoms with van der Waals surface area (Å²) in [5.41, 5.74) is 0. The van der Waals surface area contributed by atoms with Gasteiger partial charge in [0, 0.05) is 27.7 Å². The van der Waals surface area contributed by atoms with Crippen LogP contribution in [0.4, 0.5) is 0 Å². The third kappa shape index (κ3) is 145. The van der Waals surface area contributed by atoms with Crippen molar-refractivity contribution >= 4 is 0 Å². The van der Waals surface area contributed by atoms with Gasteiger partial charge in [0.1, 0.15) is 0 Å². The average molecular weight is 550 g/mol. The molecule has 0 amide bonds. The molecule has 0 aromatic rings. The van der Waals surface area contributed by atoms with Crippen LogP contribution in [-0.2, 0) is 27.7 Å². The van der Waals surface area contributed by atoms with Crippen molar-refractivity contribution in [3.63, 3.8) is 0 Å². The molecule has 0 saturated heterocycles. The van der Waals surface area contributed by atoms with Gasteiger partial charge in [-0.05, 0) is 0 Å². The van der Waals surface area contributed by atoms with Crippen molar-refractivity contribution in [1.29, 1.82) is 0 Å². The first-order valence-corrected chi connectivity index (χ1v) is 6.21. The van der Waals surface area contributed by atoms with Crippen LogP contribution < -0.4 is 62.7 Å². The molecule has 0 unspecified atom stereocenters. The van der Waals surface area contributed by atoms with E-state index in [2.05, 4.69) is 0 Å². The fraction of sp³-hybridized carbons (Fsp3) is 0. The Morgan fingerprint density at radius 3 is 0.556 bits per heavy atom. The van der Waals surface area contributed by atoms with Gasteiger partial charge in [0.2, 0.25) is 0 Å². The maximum atomic E-state index is 8.57. The predicted octanol–water partition coefficient (Wildman–Crippen LogP) is -13.1. The van der Waals surface area contributed by atoms with Crippen molar-refractivity contribution in [2.75, 3.05) is 0 Å². The van der Waals surface area contributed by atoms with Gasteiger partial charge in [-0.25, -0.2) is 0 Å². The Morgan fingerprint density at radius 1 is 0.556 bits per heavy atom. The Labute approximate surface area is 89.1 Å². The normalized spacial score (nSPS) is 8.00. The van der Waals surface area contributed by atoms with Crippen LogP contribution in [-0.4, -0.2) is 0 Å². The van der Waals surface area contributed by atoms with Gasteiger partial charge in [-0.15, -0.1) is 0 Å². The molecule has 0 aliphatic rings. The van der Waals surface area contributed by atoms with Crippen LogP contribution in [0.2, 0.25) is 0 Å². The molecule has 9 heavy (non-hydrogen) atoms. The largest absolute Gasteiger partial charge is 0.427 e. The van der Waals surface area contributed by atoms with Crippen molar-refractivity contribution in [3.05, 3.63) is 0 Å². The summed E-state index contributed by atoms with van der Waals surface area (Å²) < 4.78 is 51.4.